The number of nitrogens with one attached hydrogen (secondary N) is 2. The van der Waals surface area contributed by atoms with E-state index in [1.165, 1.54) is 0 Å². The highest BCUT2D eigenvalue weighted by Gasteiger charge is 2.59. The molecule has 0 aromatic heterocycles. The van der Waals surface area contributed by atoms with Gasteiger partial charge in [-0.05, 0) is 94.0 Å². The van der Waals surface area contributed by atoms with Crippen LogP contribution >= 0.6 is 28.1 Å². The number of carbonyl (C=O) groups is 1. The van der Waals surface area contributed by atoms with E-state index in [4.69, 9.17) is 21.7 Å². The van der Waals surface area contributed by atoms with Crippen LogP contribution in [0.2, 0.25) is 0 Å². The number of anilines is 2. The summed E-state index contributed by atoms with van der Waals surface area (Å²) in [5.74, 6) is 0.723. The summed E-state index contributed by atoms with van der Waals surface area (Å²) in [5, 5.41) is 7.10. The largest absolute Gasteiger partial charge is 0.494 e. The summed E-state index contributed by atoms with van der Waals surface area (Å²) in [7, 11) is 0. The van der Waals surface area contributed by atoms with E-state index in [-0.39, 0.29) is 11.9 Å². The third kappa shape index (κ3) is 4.22. The molecule has 186 valence electrons. The zero-order chi connectivity index (χ0) is 25.6. The monoisotopic (exact) mass is 565 g/mol. The first kappa shape index (κ1) is 24.6. The molecular formula is C28H28BrN3O3S. The lowest BCUT2D eigenvalue weighted by Crippen LogP contribution is -2.72. The van der Waals surface area contributed by atoms with Gasteiger partial charge < -0.3 is 20.1 Å². The first-order valence-electron chi connectivity index (χ1n) is 11.9. The van der Waals surface area contributed by atoms with Crippen molar-refractivity contribution in [1.29, 1.82) is 0 Å². The summed E-state index contributed by atoms with van der Waals surface area (Å²) < 4.78 is 13.2. The molecule has 2 bridgehead atoms. The maximum atomic E-state index is 14.0. The van der Waals surface area contributed by atoms with Gasteiger partial charge in [0.15, 0.2) is 10.8 Å². The van der Waals surface area contributed by atoms with E-state index in [9.17, 15) is 4.79 Å². The van der Waals surface area contributed by atoms with Crippen LogP contribution in [-0.2, 0) is 4.79 Å². The van der Waals surface area contributed by atoms with E-state index in [1.807, 2.05) is 87.2 Å². The Bertz CT molecular complexity index is 1350. The van der Waals surface area contributed by atoms with Crippen LogP contribution in [0.5, 0.6) is 11.5 Å². The first-order valence-corrected chi connectivity index (χ1v) is 13.1. The van der Waals surface area contributed by atoms with Crippen molar-refractivity contribution < 1.29 is 14.3 Å². The number of ether oxygens (including phenoxy) is 2. The highest BCUT2D eigenvalue weighted by molar-refractivity contribution is 9.10. The Morgan fingerprint density at radius 1 is 1.17 bits per heavy atom. The van der Waals surface area contributed by atoms with E-state index >= 15 is 0 Å². The molecule has 0 aliphatic carbocycles. The number of amides is 1. The van der Waals surface area contributed by atoms with Crippen LogP contribution in [0.4, 0.5) is 11.4 Å². The van der Waals surface area contributed by atoms with Crippen molar-refractivity contribution in [3.05, 3.63) is 81.8 Å². The Morgan fingerprint density at radius 2 is 1.92 bits per heavy atom. The average molecular weight is 567 g/mol. The number of carbonyl (C=O) groups excluding carboxylic acids is 1. The van der Waals surface area contributed by atoms with Gasteiger partial charge in [-0.1, -0.05) is 33.6 Å². The fourth-order valence-electron chi connectivity index (χ4n) is 5.17. The molecule has 5 rings (SSSR count). The van der Waals surface area contributed by atoms with Crippen molar-refractivity contribution in [2.24, 2.45) is 5.92 Å². The Morgan fingerprint density at radius 3 is 2.61 bits per heavy atom. The van der Waals surface area contributed by atoms with Gasteiger partial charge in [-0.15, -0.1) is 0 Å². The average Bonchev–Trinajstić information content (AvgIpc) is 2.82. The second kappa shape index (κ2) is 9.41. The van der Waals surface area contributed by atoms with Gasteiger partial charge >= 0.3 is 0 Å². The molecule has 3 unspecified atom stereocenters. The third-order valence-corrected chi connectivity index (χ3v) is 7.58. The Labute approximate surface area is 225 Å². The quantitative estimate of drug-likeness (QED) is 0.356. The Balaban J connectivity index is 1.59. The number of nitrogens with zero attached hydrogens (tertiary/aromatic N) is 1. The van der Waals surface area contributed by atoms with Gasteiger partial charge in [-0.3, -0.25) is 9.69 Å². The molecule has 8 heteroatoms. The van der Waals surface area contributed by atoms with E-state index in [2.05, 4.69) is 32.6 Å². The second-order valence-corrected chi connectivity index (χ2v) is 10.6. The molecule has 0 radical (unpaired) electrons. The van der Waals surface area contributed by atoms with Crippen LogP contribution in [0.25, 0.3) is 0 Å². The van der Waals surface area contributed by atoms with Gasteiger partial charge in [0.25, 0.3) is 0 Å². The predicted octanol–water partition coefficient (Wildman–Crippen LogP) is 6.26. The van der Waals surface area contributed by atoms with Gasteiger partial charge in [-0.25, -0.2) is 0 Å². The molecule has 1 saturated heterocycles. The predicted molar refractivity (Wildman–Crippen MR) is 150 cm³/mol. The van der Waals surface area contributed by atoms with Crippen molar-refractivity contribution in [3.63, 3.8) is 0 Å². The standard InChI is InChI=1S/C28H28BrN3O3S/c1-5-34-20-10-8-19(9-11-20)32-27(36)31-25-21-15-18(29)7-13-23(21)35-28(32,4)24(25)26(33)30-22-12-6-16(2)14-17(22)3/h6-15,24-25H,5H2,1-4H3,(H,30,33)(H,31,36). The number of benzene rings is 3. The van der Waals surface area contributed by atoms with Gasteiger partial charge in [0.1, 0.15) is 17.4 Å². The lowest BCUT2D eigenvalue weighted by Gasteiger charge is -2.56. The van der Waals surface area contributed by atoms with E-state index in [0.29, 0.717) is 17.5 Å². The lowest BCUT2D eigenvalue weighted by atomic mass is 9.78. The number of rotatable bonds is 5. The highest BCUT2D eigenvalue weighted by Crippen LogP contribution is 2.50. The fraction of sp³-hybridized carbons (Fsp3) is 0.286. The minimum atomic E-state index is -1.08. The number of fused-ring (bicyclic) bond motifs is 4. The Hall–Kier alpha value is -3.10. The second-order valence-electron chi connectivity index (χ2n) is 9.31. The van der Waals surface area contributed by atoms with Crippen LogP contribution in [-0.4, -0.2) is 23.4 Å². The maximum Gasteiger partial charge on any atom is 0.236 e. The van der Waals surface area contributed by atoms with Crippen LogP contribution in [0.3, 0.4) is 0 Å². The third-order valence-electron chi connectivity index (χ3n) is 6.79. The molecule has 0 saturated carbocycles. The van der Waals surface area contributed by atoms with Crippen molar-refractivity contribution in [1.82, 2.24) is 5.32 Å². The minimum absolute atomic E-state index is 0.147. The van der Waals surface area contributed by atoms with Crippen molar-refractivity contribution in [2.45, 2.75) is 39.5 Å². The molecule has 3 aromatic carbocycles. The molecule has 2 aliphatic heterocycles. The molecule has 0 spiro atoms. The van der Waals surface area contributed by atoms with Crippen molar-refractivity contribution in [2.75, 3.05) is 16.8 Å². The first-order chi connectivity index (χ1) is 17.2. The molecule has 2 aliphatic rings. The van der Waals surface area contributed by atoms with Gasteiger partial charge in [0, 0.05) is 21.4 Å². The van der Waals surface area contributed by atoms with Crippen LogP contribution in [0.15, 0.2) is 65.1 Å². The highest BCUT2D eigenvalue weighted by atomic mass is 79.9. The van der Waals surface area contributed by atoms with E-state index in [1.54, 1.807) is 0 Å². The van der Waals surface area contributed by atoms with Crippen LogP contribution < -0.4 is 25.0 Å². The van der Waals surface area contributed by atoms with Crippen LogP contribution in [0.1, 0.15) is 36.6 Å². The van der Waals surface area contributed by atoms with Crippen molar-refractivity contribution in [3.8, 4) is 11.5 Å². The van der Waals surface area contributed by atoms with Crippen LogP contribution in [0, 0.1) is 19.8 Å². The molecule has 6 nitrogen and oxygen atoms in total. The summed E-state index contributed by atoms with van der Waals surface area (Å²) in [6.45, 7) is 8.49. The number of hydrogen-bond acceptors (Lipinski definition) is 4. The number of thiocarbonyl (C=S) groups is 1. The van der Waals surface area contributed by atoms with Crippen molar-refractivity contribution >= 4 is 50.5 Å². The normalized spacial score (nSPS) is 22.2. The molecule has 1 amide bonds. The van der Waals surface area contributed by atoms with Gasteiger partial charge in [0.2, 0.25) is 5.91 Å². The van der Waals surface area contributed by atoms with E-state index < -0.39 is 11.6 Å². The maximum absolute atomic E-state index is 14.0. The summed E-state index contributed by atoms with van der Waals surface area (Å²) in [6.07, 6.45) is 0. The zero-order valence-electron chi connectivity index (χ0n) is 20.6. The molecule has 2 N–H and O–H groups in total. The summed E-state index contributed by atoms with van der Waals surface area (Å²) in [6, 6.07) is 19.1. The lowest BCUT2D eigenvalue weighted by molar-refractivity contribution is -0.130. The molecular weight excluding hydrogens is 538 g/mol. The summed E-state index contributed by atoms with van der Waals surface area (Å²) in [4.78, 5) is 15.9. The number of aryl methyl sites for hydroxylation is 2. The van der Waals surface area contributed by atoms with E-state index in [0.717, 1.165) is 38.3 Å². The fourth-order valence-corrected chi connectivity index (χ4v) is 5.96. The SMILES string of the molecule is CCOc1ccc(N2C(=S)NC3c4cc(Br)ccc4OC2(C)C3C(=O)Nc2ccc(C)cc2C)cc1. The Kier molecular flexibility index (Phi) is 6.43. The summed E-state index contributed by atoms with van der Waals surface area (Å²) in [5.41, 5.74) is 3.54. The van der Waals surface area contributed by atoms with Gasteiger partial charge in [-0.2, -0.15) is 0 Å². The molecule has 2 heterocycles. The molecule has 3 aromatic rings. The molecule has 3 atom stereocenters. The smallest absolute Gasteiger partial charge is 0.236 e. The minimum Gasteiger partial charge on any atom is -0.494 e. The molecule has 36 heavy (non-hydrogen) atoms. The van der Waals surface area contributed by atoms with Gasteiger partial charge in [0.05, 0.1) is 12.6 Å². The topological polar surface area (TPSA) is 62.8 Å². The number of hydrogen-bond donors (Lipinski definition) is 2. The molecule has 1 fully saturated rings. The zero-order valence-corrected chi connectivity index (χ0v) is 23.0. The summed E-state index contributed by atoms with van der Waals surface area (Å²) >= 11 is 9.41. The number of halogens is 1.